The molecule has 2 aromatic rings. The number of piperidine rings is 2. The number of amides is 3. The second-order valence-corrected chi connectivity index (χ2v) is 14.1. The highest BCUT2D eigenvalue weighted by molar-refractivity contribution is 7.89. The van der Waals surface area contributed by atoms with Gasteiger partial charge in [-0.15, -0.1) is 11.3 Å². The number of ether oxygens (including phenoxy) is 1. The average molecular weight is 603 g/mol. The predicted molar refractivity (Wildman–Crippen MR) is 157 cm³/mol. The molecular weight excluding hydrogens is 564 g/mol. The number of hydrogen-bond acceptors (Lipinski definition) is 7. The van der Waals surface area contributed by atoms with Gasteiger partial charge in [0, 0.05) is 43.2 Å². The van der Waals surface area contributed by atoms with E-state index in [1.54, 1.807) is 11.8 Å². The number of sulfonamides is 1. The molecule has 0 bridgehead atoms. The van der Waals surface area contributed by atoms with E-state index in [1.807, 2.05) is 4.90 Å². The van der Waals surface area contributed by atoms with Crippen molar-refractivity contribution in [1.29, 1.82) is 0 Å². The number of rotatable bonds is 6. The predicted octanol–water partition coefficient (Wildman–Crippen LogP) is 4.56. The van der Waals surface area contributed by atoms with Gasteiger partial charge >= 0.3 is 6.09 Å². The Bertz CT molecular complexity index is 1400. The van der Waals surface area contributed by atoms with Gasteiger partial charge in [-0.2, -0.15) is 4.31 Å². The van der Waals surface area contributed by atoms with Gasteiger partial charge in [-0.1, -0.05) is 6.92 Å². The molecule has 0 spiro atoms. The third-order valence-electron chi connectivity index (χ3n) is 8.04. The lowest BCUT2D eigenvalue weighted by Gasteiger charge is -2.30. The Morgan fingerprint density at radius 1 is 1.00 bits per heavy atom. The van der Waals surface area contributed by atoms with Crippen molar-refractivity contribution in [1.82, 2.24) is 14.1 Å². The lowest BCUT2D eigenvalue weighted by molar-refractivity contribution is 0.0724. The zero-order valence-corrected chi connectivity index (χ0v) is 25.3. The van der Waals surface area contributed by atoms with Crippen molar-refractivity contribution >= 4 is 44.3 Å². The largest absolute Gasteiger partial charge is 0.450 e. The van der Waals surface area contributed by atoms with Crippen LogP contribution in [0.25, 0.3) is 0 Å². The Kier molecular flexibility index (Phi) is 9.00. The fourth-order valence-corrected chi connectivity index (χ4v) is 8.66. The van der Waals surface area contributed by atoms with Crippen LogP contribution in [0.15, 0.2) is 29.2 Å². The minimum absolute atomic E-state index is 0.0979. The van der Waals surface area contributed by atoms with Crippen molar-refractivity contribution in [3.05, 3.63) is 45.8 Å². The summed E-state index contributed by atoms with van der Waals surface area (Å²) in [6.07, 6.45) is 4.94. The summed E-state index contributed by atoms with van der Waals surface area (Å²) in [6.45, 7) is 7.19. The first-order valence-electron chi connectivity index (χ1n) is 14.5. The Hall–Kier alpha value is -2.96. The van der Waals surface area contributed by atoms with Crippen LogP contribution >= 0.6 is 11.3 Å². The Morgan fingerprint density at radius 3 is 2.41 bits per heavy atom. The Morgan fingerprint density at radius 2 is 1.73 bits per heavy atom. The normalized spacial score (nSPS) is 19.9. The summed E-state index contributed by atoms with van der Waals surface area (Å²) in [5, 5.41) is 3.40. The number of nitrogens with one attached hydrogen (secondary N) is 1. The molecule has 1 aromatic carbocycles. The lowest BCUT2D eigenvalue weighted by atomic mass is 10.0. The molecule has 222 valence electrons. The summed E-state index contributed by atoms with van der Waals surface area (Å²) in [4.78, 5) is 44.0. The van der Waals surface area contributed by atoms with Crippen molar-refractivity contribution in [3.63, 3.8) is 0 Å². The van der Waals surface area contributed by atoms with Crippen LogP contribution in [-0.2, 0) is 27.7 Å². The van der Waals surface area contributed by atoms with Gasteiger partial charge in [-0.3, -0.25) is 9.59 Å². The van der Waals surface area contributed by atoms with Crippen molar-refractivity contribution in [2.45, 2.75) is 63.8 Å². The molecule has 3 amide bonds. The molecule has 1 N–H and O–H groups in total. The standard InChI is InChI=1S/C29H38N4O6S2/c1-3-39-29(36)32-17-13-23-24(19-32)40-27(25(23)28(35)31-14-5-4-6-15-31)30-26(34)21-9-11-22(12-10-21)41(37,38)33-16-7-8-20(2)18-33/h9-12,20H,3-8,13-19H2,1-2H3,(H,30,34). The smallest absolute Gasteiger partial charge is 0.410 e. The fourth-order valence-electron chi connectivity index (χ4n) is 5.81. The molecule has 4 heterocycles. The van der Waals surface area contributed by atoms with Gasteiger partial charge in [0.2, 0.25) is 10.0 Å². The molecular formula is C29H38N4O6S2. The maximum atomic E-state index is 13.7. The first-order valence-corrected chi connectivity index (χ1v) is 16.7. The highest BCUT2D eigenvalue weighted by Crippen LogP contribution is 2.39. The molecule has 1 unspecified atom stereocenters. The van der Waals surface area contributed by atoms with Crippen LogP contribution in [-0.4, -0.2) is 79.8 Å². The van der Waals surface area contributed by atoms with Crippen molar-refractivity contribution in [3.8, 4) is 0 Å². The number of fused-ring (bicyclic) bond motifs is 1. The maximum Gasteiger partial charge on any atom is 0.410 e. The van der Waals surface area contributed by atoms with Gasteiger partial charge in [0.25, 0.3) is 11.8 Å². The number of carbonyl (C=O) groups excluding carboxylic acids is 3. The zero-order chi connectivity index (χ0) is 29.1. The molecule has 0 aliphatic carbocycles. The summed E-state index contributed by atoms with van der Waals surface area (Å²) in [5.41, 5.74) is 1.67. The van der Waals surface area contributed by atoms with E-state index in [0.717, 1.165) is 42.5 Å². The van der Waals surface area contributed by atoms with E-state index in [2.05, 4.69) is 12.2 Å². The van der Waals surface area contributed by atoms with Crippen molar-refractivity contribution in [2.24, 2.45) is 5.92 Å². The summed E-state index contributed by atoms with van der Waals surface area (Å²) in [6, 6.07) is 5.97. The summed E-state index contributed by atoms with van der Waals surface area (Å²) in [5.74, 6) is -0.209. The van der Waals surface area contributed by atoms with E-state index in [4.69, 9.17) is 4.74 Å². The molecule has 3 aliphatic heterocycles. The van der Waals surface area contributed by atoms with Gasteiger partial charge in [-0.05, 0) is 81.2 Å². The number of likely N-dealkylation sites (tertiary alicyclic amines) is 1. The summed E-state index contributed by atoms with van der Waals surface area (Å²) >= 11 is 1.31. The highest BCUT2D eigenvalue weighted by Gasteiger charge is 2.33. The first kappa shape index (κ1) is 29.5. The van der Waals surface area contributed by atoms with Gasteiger partial charge in [0.05, 0.1) is 23.6 Å². The molecule has 0 radical (unpaired) electrons. The minimum atomic E-state index is -3.63. The molecule has 41 heavy (non-hydrogen) atoms. The van der Waals surface area contributed by atoms with Gasteiger partial charge in [0.1, 0.15) is 5.00 Å². The van der Waals surface area contributed by atoms with Gasteiger partial charge in [0.15, 0.2) is 0 Å². The van der Waals surface area contributed by atoms with Crippen LogP contribution in [0, 0.1) is 5.92 Å². The number of benzene rings is 1. The third kappa shape index (κ3) is 6.29. The molecule has 1 aromatic heterocycles. The van der Waals surface area contributed by atoms with Crippen LogP contribution in [0.4, 0.5) is 9.80 Å². The van der Waals surface area contributed by atoms with E-state index in [0.29, 0.717) is 67.7 Å². The minimum Gasteiger partial charge on any atom is -0.450 e. The molecule has 5 rings (SSSR count). The number of hydrogen-bond donors (Lipinski definition) is 1. The SMILES string of the molecule is CCOC(=O)N1CCc2c(sc(NC(=O)c3ccc(S(=O)(=O)N4CCCC(C)C4)cc3)c2C(=O)N2CCCCC2)C1. The molecule has 12 heteroatoms. The second-order valence-electron chi connectivity index (χ2n) is 11.0. The molecule has 3 aliphatic rings. The molecule has 0 saturated carbocycles. The molecule has 2 saturated heterocycles. The number of nitrogens with zero attached hydrogens (tertiary/aromatic N) is 3. The van der Waals surface area contributed by atoms with Crippen LogP contribution < -0.4 is 5.32 Å². The topological polar surface area (TPSA) is 116 Å². The molecule has 1 atom stereocenters. The maximum absolute atomic E-state index is 13.7. The van der Waals surface area contributed by atoms with Gasteiger partial charge in [-0.25, -0.2) is 13.2 Å². The Labute approximate surface area is 245 Å². The van der Waals surface area contributed by atoms with E-state index in [9.17, 15) is 22.8 Å². The number of thiophene rings is 1. The highest BCUT2D eigenvalue weighted by atomic mass is 32.2. The average Bonchev–Trinajstić information content (AvgIpc) is 3.34. The van der Waals surface area contributed by atoms with E-state index in [1.165, 1.54) is 39.9 Å². The second kappa shape index (κ2) is 12.5. The quantitative estimate of drug-likeness (QED) is 0.518. The molecule has 10 nitrogen and oxygen atoms in total. The van der Waals surface area contributed by atoms with Crippen LogP contribution in [0.2, 0.25) is 0 Å². The van der Waals surface area contributed by atoms with Crippen molar-refractivity contribution < 1.29 is 27.5 Å². The number of anilines is 1. The van der Waals surface area contributed by atoms with Crippen molar-refractivity contribution in [2.75, 3.05) is 44.6 Å². The zero-order valence-electron chi connectivity index (χ0n) is 23.7. The lowest BCUT2D eigenvalue weighted by Crippen LogP contribution is -2.39. The first-order chi connectivity index (χ1) is 19.7. The fraction of sp³-hybridized carbons (Fsp3) is 0.552. The molecule has 2 fully saturated rings. The van der Waals surface area contributed by atoms with E-state index in [-0.39, 0.29) is 17.4 Å². The monoisotopic (exact) mass is 602 g/mol. The van der Waals surface area contributed by atoms with Crippen LogP contribution in [0.3, 0.4) is 0 Å². The summed E-state index contributed by atoms with van der Waals surface area (Å²) in [7, 11) is -3.63. The van der Waals surface area contributed by atoms with E-state index >= 15 is 0 Å². The summed E-state index contributed by atoms with van der Waals surface area (Å²) < 4.78 is 33.0. The Balaban J connectivity index is 1.38. The third-order valence-corrected chi connectivity index (χ3v) is 11.1. The van der Waals surface area contributed by atoms with E-state index < -0.39 is 22.0 Å². The van der Waals surface area contributed by atoms with Crippen LogP contribution in [0.5, 0.6) is 0 Å². The number of carbonyl (C=O) groups is 3. The van der Waals surface area contributed by atoms with Gasteiger partial charge < -0.3 is 19.9 Å². The van der Waals surface area contributed by atoms with Crippen LogP contribution in [0.1, 0.15) is 77.1 Å².